The molecule has 0 aromatic carbocycles. The van der Waals surface area contributed by atoms with Gasteiger partial charge in [0.25, 0.3) is 11.8 Å². The summed E-state index contributed by atoms with van der Waals surface area (Å²) in [6, 6.07) is 0. The smallest absolute Gasteiger partial charge is 0.287 e. The zero-order valence-electron chi connectivity index (χ0n) is 46.2. The Morgan fingerprint density at radius 2 is 0.741 bits per heavy atom. The third kappa shape index (κ3) is 32.4. The third-order valence-electron chi connectivity index (χ3n) is 10.3. The number of nitrogen functional groups attached to an aromatic ring is 2. The van der Waals surface area contributed by atoms with Gasteiger partial charge in [0.1, 0.15) is 13.2 Å². The topological polar surface area (TPSA) is 422 Å². The maximum absolute atomic E-state index is 12.5. The molecule has 0 unspecified atom stereocenters. The number of imidazole rings is 2. The number of amides is 3. The maximum Gasteiger partial charge on any atom is 0.287 e. The van der Waals surface area contributed by atoms with Crippen LogP contribution in [0.2, 0.25) is 0 Å². The van der Waals surface area contributed by atoms with E-state index in [4.69, 9.17) is 93.6 Å². The zero-order valence-corrected chi connectivity index (χ0v) is 46.2. The van der Waals surface area contributed by atoms with E-state index in [-0.39, 0.29) is 153 Å². The largest absolute Gasteiger partial charge is 0.379 e. The highest BCUT2D eigenvalue weighted by molar-refractivity contribution is 5.78. The Morgan fingerprint density at radius 1 is 0.432 bits per heavy atom. The van der Waals surface area contributed by atoms with E-state index in [0.717, 1.165) is 6.42 Å². The van der Waals surface area contributed by atoms with Crippen molar-refractivity contribution in [2.24, 2.45) is 5.73 Å². The highest BCUT2D eigenvalue weighted by atomic mass is 17.2. The molecule has 0 radical (unpaired) electrons. The average molecular weight is 1160 g/mol. The molecule has 0 fully saturated rings. The number of nitrogens with one attached hydrogen (secondary N) is 5. The maximum atomic E-state index is 12.5. The van der Waals surface area contributed by atoms with Gasteiger partial charge in [0, 0.05) is 45.5 Å². The molecule has 11 N–H and O–H groups in total. The van der Waals surface area contributed by atoms with Crippen LogP contribution in [-0.2, 0) is 81.0 Å². The van der Waals surface area contributed by atoms with Crippen molar-refractivity contribution in [3.63, 3.8) is 0 Å². The number of nitrogens with zero attached hydrogens (tertiary/aromatic N) is 6. The molecule has 4 rings (SSSR count). The molecular formula is C48H82N14O19. The van der Waals surface area contributed by atoms with Crippen LogP contribution >= 0.6 is 0 Å². The first kappa shape index (κ1) is 67.6. The van der Waals surface area contributed by atoms with Gasteiger partial charge in [-0.1, -0.05) is 6.92 Å². The van der Waals surface area contributed by atoms with Gasteiger partial charge in [0.15, 0.2) is 22.3 Å². The lowest BCUT2D eigenvalue weighted by Crippen LogP contribution is -2.53. The normalized spacial score (nSPS) is 11.7. The summed E-state index contributed by atoms with van der Waals surface area (Å²) in [7, 11) is 0. The summed E-state index contributed by atoms with van der Waals surface area (Å²) in [5, 5.41) is 8.34. The fourth-order valence-electron chi connectivity index (χ4n) is 6.42. The molecule has 81 heavy (non-hydrogen) atoms. The van der Waals surface area contributed by atoms with E-state index in [0.29, 0.717) is 121 Å². The Hall–Kier alpha value is -5.89. The molecule has 0 saturated heterocycles. The predicted octanol–water partition coefficient (Wildman–Crippen LogP) is -1.67. The fourth-order valence-corrected chi connectivity index (χ4v) is 6.42. The van der Waals surface area contributed by atoms with E-state index < -0.39 is 5.54 Å². The van der Waals surface area contributed by atoms with E-state index in [1.54, 1.807) is 0 Å². The molecular weight excluding hydrogens is 1080 g/mol. The standard InChI is InChI=1S/C48H82N14O19/c1-2-9-66-16-20-70-21-17-67-13-6-52-37(63)3-10-75-32-48(51,33-76-11-4-38(64)53-7-14-68-18-22-71-24-26-73-28-30-78-80-44-40-42(57-35-55-40)59-46(49)61-44)34-77-12-5-39(65)54-8-15-69-19-23-72-25-27-74-29-31-79-81-45-41-43(58-36-56-41)60-47(50)62-45/h35-36H,2-34,51H2,1H3,(H,52,63)(H,53,64)(H,54,65)(H3,49,55,57,59,61)(H3,50,56,58,60,62). The van der Waals surface area contributed by atoms with Gasteiger partial charge in [-0.05, 0) is 6.42 Å². The summed E-state index contributed by atoms with van der Waals surface area (Å²) in [4.78, 5) is 87.6. The van der Waals surface area contributed by atoms with Gasteiger partial charge in [-0.2, -0.15) is 29.7 Å². The molecule has 4 aromatic rings. The lowest BCUT2D eigenvalue weighted by molar-refractivity contribution is -0.217. The Balaban J connectivity index is 0.982. The number of carbonyl (C=O) groups is 3. The van der Waals surface area contributed by atoms with Gasteiger partial charge in [-0.25, -0.2) is 9.97 Å². The number of nitrogens with two attached hydrogens (primary N) is 3. The lowest BCUT2D eigenvalue weighted by Gasteiger charge is -2.29. The second-order valence-corrected chi connectivity index (χ2v) is 17.1. The van der Waals surface area contributed by atoms with Gasteiger partial charge >= 0.3 is 0 Å². The Morgan fingerprint density at radius 3 is 1.07 bits per heavy atom. The minimum Gasteiger partial charge on any atom is -0.379 e. The number of fused-ring (bicyclic) bond motifs is 2. The zero-order chi connectivity index (χ0) is 57.7. The summed E-state index contributed by atoms with van der Waals surface area (Å²) in [6.45, 7) is 9.94. The Kier molecular flexibility index (Phi) is 36.6. The van der Waals surface area contributed by atoms with Crippen molar-refractivity contribution in [1.29, 1.82) is 0 Å². The van der Waals surface area contributed by atoms with Crippen molar-refractivity contribution in [3.8, 4) is 11.8 Å². The van der Waals surface area contributed by atoms with Crippen LogP contribution in [0, 0.1) is 0 Å². The molecule has 0 aliphatic heterocycles. The van der Waals surface area contributed by atoms with Crippen LogP contribution in [-0.4, -0.2) is 255 Å². The molecule has 0 atom stereocenters. The Bertz CT molecular complexity index is 2140. The molecule has 0 aliphatic carbocycles. The number of aromatic nitrogens is 8. The highest BCUT2D eigenvalue weighted by Gasteiger charge is 2.27. The molecule has 4 aromatic heterocycles. The average Bonchev–Trinajstić information content (AvgIpc) is 4.29. The first-order chi connectivity index (χ1) is 39.7. The van der Waals surface area contributed by atoms with Crippen molar-refractivity contribution in [1.82, 2.24) is 55.8 Å². The number of hydrogen-bond donors (Lipinski definition) is 8. The van der Waals surface area contributed by atoms with Crippen LogP contribution < -0.4 is 42.9 Å². The minimum atomic E-state index is -1.16. The molecule has 458 valence electrons. The van der Waals surface area contributed by atoms with E-state index in [2.05, 4.69) is 55.8 Å². The number of hydrogen-bond acceptors (Lipinski definition) is 28. The molecule has 4 heterocycles. The van der Waals surface area contributed by atoms with Gasteiger partial charge in [0.2, 0.25) is 29.6 Å². The van der Waals surface area contributed by atoms with Gasteiger partial charge < -0.3 is 110 Å². The summed E-state index contributed by atoms with van der Waals surface area (Å²) in [6.07, 6.45) is 4.05. The van der Waals surface area contributed by atoms with Gasteiger partial charge in [0.05, 0.1) is 170 Å². The first-order valence-corrected chi connectivity index (χ1v) is 26.7. The van der Waals surface area contributed by atoms with Crippen molar-refractivity contribution in [2.45, 2.75) is 38.1 Å². The molecule has 0 aliphatic rings. The van der Waals surface area contributed by atoms with E-state index in [9.17, 15) is 14.4 Å². The van der Waals surface area contributed by atoms with E-state index in [1.165, 1.54) is 12.7 Å². The number of rotatable bonds is 54. The minimum absolute atomic E-state index is 0.00521. The number of ether oxygens (including phenoxy) is 12. The van der Waals surface area contributed by atoms with Gasteiger partial charge in [-0.15, -0.1) is 0 Å². The van der Waals surface area contributed by atoms with Crippen LogP contribution in [0.4, 0.5) is 11.9 Å². The second kappa shape index (κ2) is 43.8. The van der Waals surface area contributed by atoms with Crippen molar-refractivity contribution in [2.75, 3.05) is 203 Å². The van der Waals surface area contributed by atoms with Crippen molar-refractivity contribution in [3.05, 3.63) is 12.7 Å². The molecule has 33 heteroatoms. The molecule has 0 saturated carbocycles. The monoisotopic (exact) mass is 1160 g/mol. The van der Waals surface area contributed by atoms with E-state index >= 15 is 0 Å². The molecule has 0 spiro atoms. The number of carbonyl (C=O) groups excluding carboxylic acids is 3. The number of aromatic amines is 2. The quantitative estimate of drug-likeness (QED) is 0.0139. The lowest BCUT2D eigenvalue weighted by atomic mass is 10.1. The first-order valence-electron chi connectivity index (χ1n) is 26.7. The third-order valence-corrected chi connectivity index (χ3v) is 10.3. The van der Waals surface area contributed by atoms with E-state index in [1.807, 2.05) is 6.92 Å². The Labute approximate surface area is 468 Å². The van der Waals surface area contributed by atoms with Crippen LogP contribution in [0.15, 0.2) is 12.7 Å². The molecule has 33 nitrogen and oxygen atoms in total. The van der Waals surface area contributed by atoms with Gasteiger partial charge in [-0.3, -0.25) is 14.4 Å². The number of H-pyrrole nitrogens is 2. The van der Waals surface area contributed by atoms with Crippen molar-refractivity contribution < 1.29 is 90.8 Å². The van der Waals surface area contributed by atoms with Crippen molar-refractivity contribution >= 4 is 51.9 Å². The summed E-state index contributed by atoms with van der Waals surface area (Å²) < 4.78 is 66.7. The SMILES string of the molecule is CCCOCCOCCOCCNC(=O)CCOCC(N)(COCCC(=O)NCCOCCOCCOCCOOc1nc(N)nc2nc[nH]c12)COCCC(=O)NCCOCCOCCOCCOOc1nc(N)nc2nc[nH]c12. The molecule has 3 amide bonds. The van der Waals surface area contributed by atoms with Crippen LogP contribution in [0.3, 0.4) is 0 Å². The summed E-state index contributed by atoms with van der Waals surface area (Å²) >= 11 is 0. The highest BCUT2D eigenvalue weighted by Crippen LogP contribution is 2.21. The fraction of sp³-hybridized carbons (Fsp3) is 0.729. The van der Waals surface area contributed by atoms with Crippen LogP contribution in [0.1, 0.15) is 32.6 Å². The number of anilines is 2. The summed E-state index contributed by atoms with van der Waals surface area (Å²) in [5.74, 6) is -0.456. The summed E-state index contributed by atoms with van der Waals surface area (Å²) in [5.41, 5.74) is 18.4. The van der Waals surface area contributed by atoms with Crippen LogP contribution in [0.5, 0.6) is 11.8 Å². The second-order valence-electron chi connectivity index (χ2n) is 17.1. The predicted molar refractivity (Wildman–Crippen MR) is 285 cm³/mol. The van der Waals surface area contributed by atoms with Crippen LogP contribution in [0.25, 0.3) is 22.3 Å². The molecule has 0 bridgehead atoms.